The number of aryl methyl sites for hydroxylation is 1. The number of hydrogen-bond donors (Lipinski definition) is 1. The number of anilines is 1. The third-order valence-corrected chi connectivity index (χ3v) is 2.16. The minimum absolute atomic E-state index is 0.221. The van der Waals surface area contributed by atoms with Crippen molar-refractivity contribution in [1.82, 2.24) is 9.78 Å². The van der Waals surface area contributed by atoms with Crippen LogP contribution in [0.1, 0.15) is 19.0 Å². The Labute approximate surface area is 78.7 Å². The number of nitrogens with zero attached hydrogens (tertiary/aromatic N) is 2. The number of ether oxygens (including phenoxy) is 1. The molecular weight excluding hydrogens is 166 g/mol. The number of hydrogen-bond acceptors (Lipinski definition) is 3. The summed E-state index contributed by atoms with van der Waals surface area (Å²) in [5.74, 6) is 0. The van der Waals surface area contributed by atoms with Crippen LogP contribution in [0.3, 0.4) is 0 Å². The highest BCUT2D eigenvalue weighted by Crippen LogP contribution is 2.08. The Morgan fingerprint density at radius 1 is 1.69 bits per heavy atom. The molecule has 0 aliphatic carbocycles. The molecule has 1 unspecified atom stereocenters. The van der Waals surface area contributed by atoms with E-state index >= 15 is 0 Å². The van der Waals surface area contributed by atoms with Gasteiger partial charge in [-0.3, -0.25) is 4.68 Å². The van der Waals surface area contributed by atoms with Crippen molar-refractivity contribution in [2.75, 3.05) is 12.8 Å². The SMILES string of the molecule is CCC(Cn1cc(N)c(C)n1)OC. The van der Waals surface area contributed by atoms with E-state index in [2.05, 4.69) is 12.0 Å². The van der Waals surface area contributed by atoms with Crippen LogP contribution >= 0.6 is 0 Å². The Morgan fingerprint density at radius 2 is 2.38 bits per heavy atom. The molecular formula is C9H17N3O. The fraction of sp³-hybridized carbons (Fsp3) is 0.667. The molecule has 1 aromatic heterocycles. The van der Waals surface area contributed by atoms with E-state index in [9.17, 15) is 0 Å². The monoisotopic (exact) mass is 183 g/mol. The summed E-state index contributed by atoms with van der Waals surface area (Å²) in [5, 5.41) is 4.26. The molecule has 0 fully saturated rings. The smallest absolute Gasteiger partial charge is 0.0822 e. The molecule has 1 rings (SSSR count). The molecule has 1 aromatic rings. The van der Waals surface area contributed by atoms with Gasteiger partial charge in [0.15, 0.2) is 0 Å². The van der Waals surface area contributed by atoms with Crippen molar-refractivity contribution in [3.8, 4) is 0 Å². The van der Waals surface area contributed by atoms with Crippen molar-refractivity contribution in [1.29, 1.82) is 0 Å². The summed E-state index contributed by atoms with van der Waals surface area (Å²) >= 11 is 0. The summed E-state index contributed by atoms with van der Waals surface area (Å²) in [7, 11) is 1.72. The molecule has 0 aliphatic heterocycles. The summed E-state index contributed by atoms with van der Waals surface area (Å²) in [6.07, 6.45) is 3.05. The quantitative estimate of drug-likeness (QED) is 0.763. The Morgan fingerprint density at radius 3 is 2.77 bits per heavy atom. The van der Waals surface area contributed by atoms with Crippen molar-refractivity contribution in [2.24, 2.45) is 0 Å². The molecule has 1 heterocycles. The largest absolute Gasteiger partial charge is 0.396 e. The van der Waals surface area contributed by atoms with Crippen molar-refractivity contribution in [3.63, 3.8) is 0 Å². The third-order valence-electron chi connectivity index (χ3n) is 2.16. The van der Waals surface area contributed by atoms with Gasteiger partial charge < -0.3 is 10.5 Å². The van der Waals surface area contributed by atoms with Gasteiger partial charge in [-0.05, 0) is 13.3 Å². The van der Waals surface area contributed by atoms with Crippen LogP contribution in [0.15, 0.2) is 6.20 Å². The van der Waals surface area contributed by atoms with Gasteiger partial charge in [-0.1, -0.05) is 6.92 Å². The number of nitrogen functional groups attached to an aromatic ring is 1. The van der Waals surface area contributed by atoms with Crippen LogP contribution in [0.5, 0.6) is 0 Å². The van der Waals surface area contributed by atoms with E-state index in [-0.39, 0.29) is 6.10 Å². The lowest BCUT2D eigenvalue weighted by Gasteiger charge is -2.12. The molecule has 0 spiro atoms. The summed E-state index contributed by atoms with van der Waals surface area (Å²) in [6, 6.07) is 0. The van der Waals surface area contributed by atoms with Gasteiger partial charge in [0.25, 0.3) is 0 Å². The van der Waals surface area contributed by atoms with E-state index in [1.54, 1.807) is 7.11 Å². The molecule has 0 amide bonds. The van der Waals surface area contributed by atoms with Crippen LogP contribution in [0.25, 0.3) is 0 Å². The molecule has 0 aromatic carbocycles. The van der Waals surface area contributed by atoms with E-state index in [0.29, 0.717) is 0 Å². The Hall–Kier alpha value is -1.03. The molecule has 4 heteroatoms. The van der Waals surface area contributed by atoms with Crippen LogP contribution in [-0.2, 0) is 11.3 Å². The maximum Gasteiger partial charge on any atom is 0.0822 e. The topological polar surface area (TPSA) is 53.1 Å². The standard InChI is InChI=1S/C9H17N3O/c1-4-8(13-3)5-12-6-9(10)7(2)11-12/h6,8H,4-5,10H2,1-3H3. The molecule has 13 heavy (non-hydrogen) atoms. The lowest BCUT2D eigenvalue weighted by atomic mass is 10.3. The molecule has 0 radical (unpaired) electrons. The van der Waals surface area contributed by atoms with Crippen LogP contribution in [-0.4, -0.2) is 23.0 Å². The summed E-state index contributed by atoms with van der Waals surface area (Å²) < 4.78 is 7.09. The highest BCUT2D eigenvalue weighted by Gasteiger charge is 2.07. The maximum atomic E-state index is 5.68. The molecule has 0 bridgehead atoms. The van der Waals surface area contributed by atoms with Crippen molar-refractivity contribution >= 4 is 5.69 Å². The van der Waals surface area contributed by atoms with Gasteiger partial charge >= 0.3 is 0 Å². The van der Waals surface area contributed by atoms with E-state index in [1.807, 2.05) is 17.8 Å². The van der Waals surface area contributed by atoms with Gasteiger partial charge in [-0.2, -0.15) is 5.10 Å². The molecule has 0 saturated heterocycles. The van der Waals surface area contributed by atoms with Gasteiger partial charge in [0, 0.05) is 13.3 Å². The van der Waals surface area contributed by atoms with Gasteiger partial charge in [0.1, 0.15) is 0 Å². The van der Waals surface area contributed by atoms with Crippen LogP contribution in [0.4, 0.5) is 5.69 Å². The van der Waals surface area contributed by atoms with Gasteiger partial charge in [0.2, 0.25) is 0 Å². The second kappa shape index (κ2) is 4.28. The van der Waals surface area contributed by atoms with Gasteiger partial charge in [0.05, 0.1) is 24.0 Å². The summed E-state index contributed by atoms with van der Waals surface area (Å²) in [6.45, 7) is 4.76. The lowest BCUT2D eigenvalue weighted by Crippen LogP contribution is -2.17. The zero-order chi connectivity index (χ0) is 9.84. The Kier molecular flexibility index (Phi) is 3.31. The molecule has 1 atom stereocenters. The first-order valence-electron chi connectivity index (χ1n) is 4.49. The number of rotatable bonds is 4. The molecule has 2 N–H and O–H groups in total. The number of nitrogens with two attached hydrogens (primary N) is 1. The normalized spacial score (nSPS) is 13.2. The Bertz CT molecular complexity index is 246. The average Bonchev–Trinajstić information content (AvgIpc) is 2.42. The van der Waals surface area contributed by atoms with E-state index in [4.69, 9.17) is 10.5 Å². The fourth-order valence-electron chi connectivity index (χ4n) is 1.21. The molecule has 0 aliphatic rings. The summed E-state index contributed by atoms with van der Waals surface area (Å²) in [5.41, 5.74) is 7.30. The zero-order valence-corrected chi connectivity index (χ0v) is 8.45. The predicted molar refractivity (Wildman–Crippen MR) is 52.5 cm³/mol. The van der Waals surface area contributed by atoms with Crippen LogP contribution < -0.4 is 5.73 Å². The van der Waals surface area contributed by atoms with Crippen LogP contribution in [0.2, 0.25) is 0 Å². The zero-order valence-electron chi connectivity index (χ0n) is 8.45. The highest BCUT2D eigenvalue weighted by atomic mass is 16.5. The Balaban J connectivity index is 2.62. The molecule has 4 nitrogen and oxygen atoms in total. The maximum absolute atomic E-state index is 5.68. The van der Waals surface area contributed by atoms with E-state index in [1.165, 1.54) is 0 Å². The number of aromatic nitrogens is 2. The van der Waals surface area contributed by atoms with Gasteiger partial charge in [-0.15, -0.1) is 0 Å². The summed E-state index contributed by atoms with van der Waals surface area (Å²) in [4.78, 5) is 0. The van der Waals surface area contributed by atoms with Crippen molar-refractivity contribution in [3.05, 3.63) is 11.9 Å². The minimum Gasteiger partial charge on any atom is -0.396 e. The minimum atomic E-state index is 0.221. The van der Waals surface area contributed by atoms with Crippen LogP contribution in [0, 0.1) is 6.92 Å². The molecule has 0 saturated carbocycles. The van der Waals surface area contributed by atoms with E-state index < -0.39 is 0 Å². The lowest BCUT2D eigenvalue weighted by molar-refractivity contribution is 0.0815. The first-order valence-corrected chi connectivity index (χ1v) is 4.49. The predicted octanol–water partition coefficient (Wildman–Crippen LogP) is 1.20. The first-order chi connectivity index (χ1) is 6.17. The van der Waals surface area contributed by atoms with Gasteiger partial charge in [-0.25, -0.2) is 0 Å². The number of methoxy groups -OCH3 is 1. The average molecular weight is 183 g/mol. The highest BCUT2D eigenvalue weighted by molar-refractivity contribution is 5.39. The van der Waals surface area contributed by atoms with Crippen molar-refractivity contribution in [2.45, 2.75) is 32.9 Å². The molecule has 74 valence electrons. The van der Waals surface area contributed by atoms with E-state index in [0.717, 1.165) is 24.3 Å². The second-order valence-electron chi connectivity index (χ2n) is 3.16. The first kappa shape index (κ1) is 10.1. The second-order valence-corrected chi connectivity index (χ2v) is 3.16. The fourth-order valence-corrected chi connectivity index (χ4v) is 1.21. The third kappa shape index (κ3) is 2.45. The van der Waals surface area contributed by atoms with Crippen molar-refractivity contribution < 1.29 is 4.74 Å².